The highest BCUT2D eigenvalue weighted by molar-refractivity contribution is 9.10. The van der Waals surface area contributed by atoms with Gasteiger partial charge in [-0.15, -0.1) is 0 Å². The molecule has 26 heavy (non-hydrogen) atoms. The molecule has 3 aromatic rings. The molecule has 4 rings (SSSR count). The number of nitrogens with one attached hydrogen (secondary N) is 1. The van der Waals surface area contributed by atoms with E-state index in [-0.39, 0.29) is 5.91 Å². The van der Waals surface area contributed by atoms with Crippen molar-refractivity contribution in [2.75, 3.05) is 5.32 Å². The largest absolute Gasteiger partial charge is 0.324 e. The lowest BCUT2D eigenvalue weighted by atomic mass is 10.0. The van der Waals surface area contributed by atoms with E-state index in [2.05, 4.69) is 21.2 Å². The van der Waals surface area contributed by atoms with E-state index in [4.69, 9.17) is 4.99 Å². The maximum Gasteiger partial charge on any atom is 0.249 e. The van der Waals surface area contributed by atoms with Gasteiger partial charge in [-0.3, -0.25) is 9.79 Å². The first-order valence-electron chi connectivity index (χ1n) is 8.48. The Kier molecular flexibility index (Phi) is 4.67. The first-order valence-corrected chi connectivity index (χ1v) is 9.28. The summed E-state index contributed by atoms with van der Waals surface area (Å²) in [5.74, 6) is -0.0802. The van der Waals surface area contributed by atoms with Crippen LogP contribution in [0.3, 0.4) is 0 Å². The van der Waals surface area contributed by atoms with Gasteiger partial charge in [-0.25, -0.2) is 0 Å². The molecule has 1 amide bonds. The van der Waals surface area contributed by atoms with E-state index in [1.807, 2.05) is 78.9 Å². The molecule has 0 spiro atoms. The minimum absolute atomic E-state index is 0.0802. The van der Waals surface area contributed by atoms with Crippen molar-refractivity contribution in [3.63, 3.8) is 0 Å². The number of nitrogens with zero attached hydrogens (tertiary/aromatic N) is 1. The lowest BCUT2D eigenvalue weighted by molar-refractivity contribution is -0.117. The van der Waals surface area contributed by atoms with Crippen molar-refractivity contribution < 1.29 is 4.79 Å². The van der Waals surface area contributed by atoms with Crippen molar-refractivity contribution in [1.82, 2.24) is 0 Å². The molecule has 3 nitrogen and oxygen atoms in total. The number of anilines is 1. The summed E-state index contributed by atoms with van der Waals surface area (Å²) >= 11 is 3.53. The fourth-order valence-electron chi connectivity index (χ4n) is 3.12. The maximum absolute atomic E-state index is 12.8. The van der Waals surface area contributed by atoms with Crippen LogP contribution in [0.25, 0.3) is 0 Å². The number of hydrogen-bond donors (Lipinski definition) is 1. The van der Waals surface area contributed by atoms with Crippen molar-refractivity contribution in [1.29, 1.82) is 0 Å². The number of aliphatic imine (C=N–C) groups is 1. The van der Waals surface area contributed by atoms with E-state index < -0.39 is 6.04 Å². The minimum Gasteiger partial charge on any atom is -0.324 e. The van der Waals surface area contributed by atoms with Crippen LogP contribution < -0.4 is 5.32 Å². The number of fused-ring (bicyclic) bond motifs is 1. The zero-order valence-electron chi connectivity index (χ0n) is 14.0. The molecule has 4 heteroatoms. The summed E-state index contributed by atoms with van der Waals surface area (Å²) in [6.07, 6.45) is 0.568. The number of carbonyl (C=O) groups excluding carboxylic acids is 1. The van der Waals surface area contributed by atoms with Gasteiger partial charge in [0.05, 0.1) is 11.4 Å². The van der Waals surface area contributed by atoms with Crippen LogP contribution in [-0.2, 0) is 11.2 Å². The number of rotatable bonds is 3. The molecule has 1 heterocycles. The molecule has 128 valence electrons. The van der Waals surface area contributed by atoms with Crippen LogP contribution >= 0.6 is 15.9 Å². The minimum atomic E-state index is -0.473. The molecule has 1 aliphatic heterocycles. The van der Waals surface area contributed by atoms with E-state index in [9.17, 15) is 4.79 Å². The van der Waals surface area contributed by atoms with Gasteiger partial charge < -0.3 is 5.32 Å². The summed E-state index contributed by atoms with van der Waals surface area (Å²) in [5.41, 5.74) is 4.64. The second-order valence-corrected chi connectivity index (χ2v) is 7.14. The van der Waals surface area contributed by atoms with Crippen molar-refractivity contribution in [3.8, 4) is 0 Å². The Morgan fingerprint density at radius 3 is 2.35 bits per heavy atom. The Morgan fingerprint density at radius 2 is 1.62 bits per heavy atom. The molecule has 0 saturated carbocycles. The molecule has 0 saturated heterocycles. The van der Waals surface area contributed by atoms with Crippen LogP contribution in [0, 0.1) is 0 Å². The van der Waals surface area contributed by atoms with Crippen molar-refractivity contribution >= 4 is 33.2 Å². The first kappa shape index (κ1) is 16.7. The molecule has 0 bridgehead atoms. The molecule has 0 aliphatic carbocycles. The predicted molar refractivity (Wildman–Crippen MR) is 109 cm³/mol. The van der Waals surface area contributed by atoms with E-state index in [1.165, 1.54) is 0 Å². The number of hydrogen-bond acceptors (Lipinski definition) is 2. The highest BCUT2D eigenvalue weighted by Crippen LogP contribution is 2.28. The molecule has 0 aromatic heterocycles. The number of benzodiazepines with no additional fused rings is 1. The first-order chi connectivity index (χ1) is 12.7. The molecule has 0 fully saturated rings. The Hall–Kier alpha value is -2.72. The van der Waals surface area contributed by atoms with E-state index in [1.54, 1.807) is 0 Å². The average molecular weight is 405 g/mol. The zero-order chi connectivity index (χ0) is 17.9. The third kappa shape index (κ3) is 3.46. The van der Waals surface area contributed by atoms with Crippen LogP contribution in [-0.4, -0.2) is 17.7 Å². The quantitative estimate of drug-likeness (QED) is 0.665. The van der Waals surface area contributed by atoms with Crippen LogP contribution in [0.15, 0.2) is 88.3 Å². The lowest BCUT2D eigenvalue weighted by Gasteiger charge is -2.11. The second kappa shape index (κ2) is 7.26. The summed E-state index contributed by atoms with van der Waals surface area (Å²) in [5, 5.41) is 3.05. The number of carbonyl (C=O) groups is 1. The molecule has 1 N–H and O–H groups in total. The monoisotopic (exact) mass is 404 g/mol. The highest BCUT2D eigenvalue weighted by Gasteiger charge is 2.26. The van der Waals surface area contributed by atoms with Crippen LogP contribution in [0.2, 0.25) is 0 Å². The Morgan fingerprint density at radius 1 is 0.923 bits per heavy atom. The molecule has 1 atom stereocenters. The van der Waals surface area contributed by atoms with E-state index in [0.29, 0.717) is 6.42 Å². The van der Waals surface area contributed by atoms with Gasteiger partial charge in [0, 0.05) is 22.0 Å². The summed E-state index contributed by atoms with van der Waals surface area (Å²) < 4.78 is 0.954. The number of benzene rings is 3. The van der Waals surface area contributed by atoms with Crippen LogP contribution in [0.5, 0.6) is 0 Å². The standard InChI is InChI=1S/C22H17BrN2O/c23-17-11-12-19-18(14-17)21(16-9-5-2-6-10-16)24-20(22(26)25-19)13-15-7-3-1-4-8-15/h1-12,14,20H,13H2,(H,25,26)/t20-/m0/s1. The Labute approximate surface area is 160 Å². The third-order valence-corrected chi connectivity index (χ3v) is 4.89. The molecule has 0 unspecified atom stereocenters. The van der Waals surface area contributed by atoms with E-state index >= 15 is 0 Å². The van der Waals surface area contributed by atoms with E-state index in [0.717, 1.165) is 32.6 Å². The van der Waals surface area contributed by atoms with Gasteiger partial charge >= 0.3 is 0 Å². The van der Waals surface area contributed by atoms with Gasteiger partial charge in [0.15, 0.2) is 0 Å². The molecular weight excluding hydrogens is 388 g/mol. The average Bonchev–Trinajstić information content (AvgIpc) is 2.80. The Bertz CT molecular complexity index is 968. The summed E-state index contributed by atoms with van der Waals surface area (Å²) in [4.78, 5) is 17.7. The SMILES string of the molecule is O=C1Nc2ccc(Br)cc2C(c2ccccc2)=N[C@H]1Cc1ccccc1. The summed E-state index contributed by atoms with van der Waals surface area (Å²) in [6, 6.07) is 25.4. The number of amides is 1. The van der Waals surface area contributed by atoms with Crippen molar-refractivity contribution in [2.24, 2.45) is 4.99 Å². The third-order valence-electron chi connectivity index (χ3n) is 4.40. The summed E-state index contributed by atoms with van der Waals surface area (Å²) in [6.45, 7) is 0. The molecular formula is C22H17BrN2O. The topological polar surface area (TPSA) is 41.5 Å². The fraction of sp³-hybridized carbons (Fsp3) is 0.0909. The second-order valence-electron chi connectivity index (χ2n) is 6.23. The van der Waals surface area contributed by atoms with Gasteiger partial charge in [0.2, 0.25) is 5.91 Å². The fourth-order valence-corrected chi connectivity index (χ4v) is 3.48. The maximum atomic E-state index is 12.8. The van der Waals surface area contributed by atoms with Gasteiger partial charge in [0.1, 0.15) is 6.04 Å². The predicted octanol–water partition coefficient (Wildman–Crippen LogP) is 4.85. The van der Waals surface area contributed by atoms with Gasteiger partial charge in [0.25, 0.3) is 0 Å². The van der Waals surface area contributed by atoms with Crippen molar-refractivity contribution in [3.05, 3.63) is 100 Å². The zero-order valence-corrected chi connectivity index (χ0v) is 15.6. The van der Waals surface area contributed by atoms with Crippen LogP contribution in [0.4, 0.5) is 5.69 Å². The Balaban J connectivity index is 1.83. The normalized spacial score (nSPS) is 16.3. The van der Waals surface area contributed by atoms with Crippen molar-refractivity contribution in [2.45, 2.75) is 12.5 Å². The van der Waals surface area contributed by atoms with Gasteiger partial charge in [-0.1, -0.05) is 76.6 Å². The smallest absolute Gasteiger partial charge is 0.249 e. The molecule has 1 aliphatic rings. The van der Waals surface area contributed by atoms with Gasteiger partial charge in [-0.2, -0.15) is 0 Å². The lowest BCUT2D eigenvalue weighted by Crippen LogP contribution is -2.27. The van der Waals surface area contributed by atoms with Gasteiger partial charge in [-0.05, 0) is 23.8 Å². The van der Waals surface area contributed by atoms with Crippen LogP contribution in [0.1, 0.15) is 16.7 Å². The number of halogens is 1. The highest BCUT2D eigenvalue weighted by atomic mass is 79.9. The molecule has 0 radical (unpaired) electrons. The molecule has 3 aromatic carbocycles. The summed E-state index contributed by atoms with van der Waals surface area (Å²) in [7, 11) is 0.